The van der Waals surface area contributed by atoms with Crippen LogP contribution in [-0.4, -0.2) is 21.9 Å². The SMILES string of the molecule is CCC(C)C([NH3+])c1nnc(SCC(N)=O)o1. The van der Waals surface area contributed by atoms with Crippen LogP contribution in [0.25, 0.3) is 0 Å². The smallest absolute Gasteiger partial charge is 0.277 e. The largest absolute Gasteiger partial charge is 0.410 e. The zero-order valence-electron chi connectivity index (χ0n) is 9.47. The first-order valence-electron chi connectivity index (χ1n) is 5.12. The molecule has 0 spiro atoms. The van der Waals surface area contributed by atoms with Crippen molar-refractivity contribution >= 4 is 17.7 Å². The van der Waals surface area contributed by atoms with Crippen LogP contribution in [0, 0.1) is 5.92 Å². The van der Waals surface area contributed by atoms with E-state index in [4.69, 9.17) is 10.2 Å². The molecule has 1 aromatic heterocycles. The molecule has 0 radical (unpaired) electrons. The van der Waals surface area contributed by atoms with Crippen LogP contribution in [-0.2, 0) is 4.79 Å². The number of nitrogens with zero attached hydrogens (tertiary/aromatic N) is 2. The number of carbonyl (C=O) groups is 1. The second kappa shape index (κ2) is 5.86. The Morgan fingerprint density at radius 2 is 2.31 bits per heavy atom. The third-order valence-corrected chi connectivity index (χ3v) is 3.25. The van der Waals surface area contributed by atoms with Gasteiger partial charge in [0.15, 0.2) is 6.04 Å². The van der Waals surface area contributed by atoms with Gasteiger partial charge in [-0.25, -0.2) is 0 Å². The van der Waals surface area contributed by atoms with Gasteiger partial charge in [-0.1, -0.05) is 25.6 Å². The lowest BCUT2D eigenvalue weighted by atomic mass is 10.0. The fourth-order valence-electron chi connectivity index (χ4n) is 1.09. The third kappa shape index (κ3) is 3.49. The van der Waals surface area contributed by atoms with Crippen molar-refractivity contribution in [3.05, 3.63) is 5.89 Å². The zero-order chi connectivity index (χ0) is 12.1. The van der Waals surface area contributed by atoms with Crippen molar-refractivity contribution in [3.8, 4) is 0 Å². The van der Waals surface area contributed by atoms with Crippen LogP contribution < -0.4 is 11.5 Å². The predicted octanol–water partition coefficient (Wildman–Crippen LogP) is -0.0239. The molecular weight excluding hydrogens is 228 g/mol. The summed E-state index contributed by atoms with van der Waals surface area (Å²) in [6.45, 7) is 4.17. The number of hydrogen-bond donors (Lipinski definition) is 2. The highest BCUT2D eigenvalue weighted by atomic mass is 32.2. The van der Waals surface area contributed by atoms with Crippen molar-refractivity contribution in [1.82, 2.24) is 10.2 Å². The van der Waals surface area contributed by atoms with E-state index in [1.54, 1.807) is 0 Å². The second-order valence-corrected chi connectivity index (χ2v) is 4.58. The predicted molar refractivity (Wildman–Crippen MR) is 59.3 cm³/mol. The number of nitrogens with two attached hydrogens (primary N) is 1. The van der Waals surface area contributed by atoms with Crippen LogP contribution in [0.15, 0.2) is 9.64 Å². The maximum Gasteiger partial charge on any atom is 0.277 e. The number of amides is 1. The molecule has 0 bridgehead atoms. The standard InChI is InChI=1S/C9H16N4O2S/c1-3-5(2)7(11)8-12-13-9(15-8)16-4-6(10)14/h5,7H,3-4,11H2,1-2H3,(H2,10,14)/p+1. The number of carbonyl (C=O) groups excluding carboxylic acids is 1. The highest BCUT2D eigenvalue weighted by Crippen LogP contribution is 2.22. The van der Waals surface area contributed by atoms with Crippen molar-refractivity contribution < 1.29 is 14.9 Å². The molecule has 0 aliphatic carbocycles. The summed E-state index contributed by atoms with van der Waals surface area (Å²) < 4.78 is 5.39. The van der Waals surface area contributed by atoms with Gasteiger partial charge in [0, 0.05) is 5.92 Å². The molecular formula is C9H17N4O2S+. The molecule has 1 aromatic rings. The average Bonchev–Trinajstić information content (AvgIpc) is 2.72. The van der Waals surface area contributed by atoms with E-state index in [1.165, 1.54) is 0 Å². The van der Waals surface area contributed by atoms with Crippen molar-refractivity contribution in [2.75, 3.05) is 5.75 Å². The normalized spacial score (nSPS) is 14.7. The highest BCUT2D eigenvalue weighted by molar-refractivity contribution is 7.99. The van der Waals surface area contributed by atoms with Crippen LogP contribution >= 0.6 is 11.8 Å². The van der Waals surface area contributed by atoms with E-state index in [0.29, 0.717) is 17.0 Å². The number of thioether (sulfide) groups is 1. The lowest BCUT2D eigenvalue weighted by molar-refractivity contribution is -0.444. The molecule has 16 heavy (non-hydrogen) atoms. The summed E-state index contributed by atoms with van der Waals surface area (Å²) in [4.78, 5) is 10.6. The number of hydrogen-bond acceptors (Lipinski definition) is 5. The van der Waals surface area contributed by atoms with Gasteiger partial charge in [-0.2, -0.15) is 0 Å². The number of rotatable bonds is 6. The van der Waals surface area contributed by atoms with E-state index in [2.05, 4.69) is 29.8 Å². The van der Waals surface area contributed by atoms with Crippen molar-refractivity contribution in [2.24, 2.45) is 11.7 Å². The van der Waals surface area contributed by atoms with Gasteiger partial charge in [0.25, 0.3) is 11.1 Å². The first kappa shape index (κ1) is 13.0. The fourth-order valence-corrected chi connectivity index (χ4v) is 1.60. The van der Waals surface area contributed by atoms with Gasteiger partial charge < -0.3 is 15.9 Å². The van der Waals surface area contributed by atoms with Crippen LogP contribution in [0.5, 0.6) is 0 Å². The van der Waals surface area contributed by atoms with Crippen molar-refractivity contribution in [2.45, 2.75) is 31.5 Å². The van der Waals surface area contributed by atoms with Gasteiger partial charge in [-0.15, -0.1) is 10.2 Å². The number of primary amides is 1. The average molecular weight is 245 g/mol. The molecule has 2 atom stereocenters. The topological polar surface area (TPSA) is 110 Å². The minimum Gasteiger partial charge on any atom is -0.410 e. The van der Waals surface area contributed by atoms with Gasteiger partial charge in [0.05, 0.1) is 5.75 Å². The summed E-state index contributed by atoms with van der Waals surface area (Å²) in [5.41, 5.74) is 9.01. The second-order valence-electron chi connectivity index (χ2n) is 3.65. The highest BCUT2D eigenvalue weighted by Gasteiger charge is 2.23. The molecule has 0 aliphatic rings. The van der Waals surface area contributed by atoms with Gasteiger partial charge >= 0.3 is 0 Å². The lowest BCUT2D eigenvalue weighted by Crippen LogP contribution is -2.56. The molecule has 0 fully saturated rings. The Hall–Kier alpha value is -1.08. The summed E-state index contributed by atoms with van der Waals surface area (Å²) in [6.07, 6.45) is 1.00. The molecule has 1 heterocycles. The number of quaternary nitrogens is 1. The molecule has 0 saturated heterocycles. The van der Waals surface area contributed by atoms with E-state index in [0.717, 1.165) is 18.2 Å². The van der Waals surface area contributed by atoms with E-state index in [9.17, 15) is 4.79 Å². The molecule has 1 rings (SSSR count). The Bertz CT molecular complexity index is 355. The summed E-state index contributed by atoms with van der Waals surface area (Å²) in [5, 5.41) is 8.10. The molecule has 6 nitrogen and oxygen atoms in total. The minimum atomic E-state index is -0.405. The fraction of sp³-hybridized carbons (Fsp3) is 0.667. The van der Waals surface area contributed by atoms with Crippen molar-refractivity contribution in [1.29, 1.82) is 0 Å². The summed E-state index contributed by atoms with van der Waals surface area (Å²) in [6, 6.07) is -0.0135. The van der Waals surface area contributed by atoms with Crippen molar-refractivity contribution in [3.63, 3.8) is 0 Å². The zero-order valence-corrected chi connectivity index (χ0v) is 10.3. The molecule has 0 aromatic carbocycles. The Balaban J connectivity index is 2.60. The monoisotopic (exact) mass is 245 g/mol. The molecule has 1 amide bonds. The van der Waals surface area contributed by atoms with Gasteiger partial charge in [-0.3, -0.25) is 4.79 Å². The van der Waals surface area contributed by atoms with E-state index < -0.39 is 5.91 Å². The van der Waals surface area contributed by atoms with Gasteiger partial charge in [0.1, 0.15) is 0 Å². The summed E-state index contributed by atoms with van der Waals surface area (Å²) in [7, 11) is 0. The van der Waals surface area contributed by atoms with E-state index in [1.807, 2.05) is 0 Å². The Morgan fingerprint density at radius 1 is 1.62 bits per heavy atom. The summed E-state index contributed by atoms with van der Waals surface area (Å²) >= 11 is 1.14. The Morgan fingerprint density at radius 3 is 2.88 bits per heavy atom. The first-order valence-corrected chi connectivity index (χ1v) is 6.10. The molecule has 2 unspecified atom stereocenters. The minimum absolute atomic E-state index is 0.0135. The molecule has 7 heteroatoms. The quantitative estimate of drug-likeness (QED) is 0.684. The van der Waals surface area contributed by atoms with Crippen LogP contribution in [0.2, 0.25) is 0 Å². The molecule has 90 valence electrons. The first-order chi connectivity index (χ1) is 7.54. The molecule has 0 saturated carbocycles. The Labute approximate surface area is 98.2 Å². The van der Waals surface area contributed by atoms with Crippen LogP contribution in [0.3, 0.4) is 0 Å². The maximum absolute atomic E-state index is 10.6. The molecule has 5 N–H and O–H groups in total. The Kier molecular flexibility index (Phi) is 4.75. The molecule has 0 aliphatic heterocycles. The third-order valence-electron chi connectivity index (χ3n) is 2.41. The summed E-state index contributed by atoms with van der Waals surface area (Å²) in [5.74, 6) is 0.640. The van der Waals surface area contributed by atoms with Gasteiger partial charge in [0.2, 0.25) is 5.91 Å². The van der Waals surface area contributed by atoms with E-state index in [-0.39, 0.29) is 11.8 Å². The maximum atomic E-state index is 10.6. The van der Waals surface area contributed by atoms with Gasteiger partial charge in [-0.05, 0) is 6.42 Å². The van der Waals surface area contributed by atoms with E-state index >= 15 is 0 Å². The van der Waals surface area contributed by atoms with Crippen LogP contribution in [0.1, 0.15) is 32.2 Å². The number of aromatic nitrogens is 2. The van der Waals surface area contributed by atoms with Crippen LogP contribution in [0.4, 0.5) is 0 Å². The lowest BCUT2D eigenvalue weighted by Gasteiger charge is -2.09.